The Morgan fingerprint density at radius 3 is 2.65 bits per heavy atom. The number of hydrogen-bond donors (Lipinski definition) is 2. The van der Waals surface area contributed by atoms with Crippen LogP contribution in [0.3, 0.4) is 0 Å². The van der Waals surface area contributed by atoms with Crippen LogP contribution in [0, 0.1) is 0 Å². The van der Waals surface area contributed by atoms with Crippen LogP contribution < -0.4 is 16.2 Å². The summed E-state index contributed by atoms with van der Waals surface area (Å²) in [6.07, 6.45) is 0.764. The van der Waals surface area contributed by atoms with Crippen molar-refractivity contribution in [1.29, 1.82) is 0 Å². The van der Waals surface area contributed by atoms with Crippen molar-refractivity contribution in [3.8, 4) is 0 Å². The number of hydrazine groups is 1. The van der Waals surface area contributed by atoms with Gasteiger partial charge in [-0.3, -0.25) is 15.1 Å². The van der Waals surface area contributed by atoms with Crippen LogP contribution in [0.25, 0.3) is 0 Å². The van der Waals surface area contributed by atoms with Crippen molar-refractivity contribution in [1.82, 2.24) is 10.3 Å². The van der Waals surface area contributed by atoms with E-state index in [1.165, 1.54) is 0 Å². The monoisotopic (exact) mass is 296 g/mol. The first-order valence-corrected chi connectivity index (χ1v) is 7.28. The highest BCUT2D eigenvalue weighted by atomic mass is 35.5. The minimum Gasteiger partial charge on any atom is -0.369 e. The second-order valence-electron chi connectivity index (χ2n) is 4.94. The van der Waals surface area contributed by atoms with Gasteiger partial charge in [0.25, 0.3) is 5.91 Å². The second kappa shape index (κ2) is 6.92. The highest BCUT2D eigenvalue weighted by Gasteiger charge is 2.27. The van der Waals surface area contributed by atoms with Gasteiger partial charge in [-0.1, -0.05) is 24.6 Å². The van der Waals surface area contributed by atoms with Gasteiger partial charge in [-0.25, -0.2) is 5.84 Å². The zero-order valence-electron chi connectivity index (χ0n) is 11.7. The van der Waals surface area contributed by atoms with E-state index in [0.29, 0.717) is 0 Å². The lowest BCUT2D eigenvalue weighted by Gasteiger charge is -2.39. The predicted molar refractivity (Wildman–Crippen MR) is 81.6 cm³/mol. The number of halogens is 1. The number of piperazine rings is 1. The lowest BCUT2D eigenvalue weighted by atomic mass is 10.1. The van der Waals surface area contributed by atoms with Crippen LogP contribution in [0.2, 0.25) is 5.02 Å². The summed E-state index contributed by atoms with van der Waals surface area (Å²) in [6, 6.07) is 7.73. The molecule has 1 saturated heterocycles. The number of carbonyl (C=O) groups is 1. The zero-order chi connectivity index (χ0) is 14.5. The van der Waals surface area contributed by atoms with Gasteiger partial charge in [-0.2, -0.15) is 0 Å². The smallest absolute Gasteiger partial charge is 0.251 e. The molecule has 5 nitrogen and oxygen atoms in total. The number of nitrogens with zero attached hydrogens (tertiary/aromatic N) is 2. The van der Waals surface area contributed by atoms with E-state index < -0.39 is 0 Å². The van der Waals surface area contributed by atoms with Crippen molar-refractivity contribution >= 4 is 23.2 Å². The topological polar surface area (TPSA) is 61.6 Å². The minimum absolute atomic E-state index is 0.108. The Morgan fingerprint density at radius 2 is 2.10 bits per heavy atom. The highest BCUT2D eigenvalue weighted by Crippen LogP contribution is 2.21. The van der Waals surface area contributed by atoms with Crippen molar-refractivity contribution < 1.29 is 4.79 Å². The second-order valence-corrected chi connectivity index (χ2v) is 5.37. The minimum atomic E-state index is -0.137. The van der Waals surface area contributed by atoms with Crippen molar-refractivity contribution in [3.63, 3.8) is 0 Å². The molecule has 1 amide bonds. The summed E-state index contributed by atoms with van der Waals surface area (Å²) in [5.74, 6) is 5.13. The first-order valence-electron chi connectivity index (χ1n) is 6.90. The summed E-state index contributed by atoms with van der Waals surface area (Å²) in [5, 5.41) is 0.749. The number of rotatable bonds is 4. The molecule has 2 rings (SSSR count). The molecule has 1 aromatic carbocycles. The summed E-state index contributed by atoms with van der Waals surface area (Å²) in [4.78, 5) is 16.2. The molecule has 110 valence electrons. The van der Waals surface area contributed by atoms with Crippen LogP contribution in [0.4, 0.5) is 5.69 Å². The van der Waals surface area contributed by atoms with E-state index >= 15 is 0 Å². The predicted octanol–water partition coefficient (Wildman–Crippen LogP) is 1.23. The molecule has 1 fully saturated rings. The largest absolute Gasteiger partial charge is 0.369 e. The SMILES string of the molecule is CCC(C(=O)NN)N1CCN(c2cccc(Cl)c2)CC1. The fourth-order valence-corrected chi connectivity index (χ4v) is 2.85. The van der Waals surface area contributed by atoms with Gasteiger partial charge in [-0.15, -0.1) is 0 Å². The van der Waals surface area contributed by atoms with E-state index in [2.05, 4.69) is 21.3 Å². The molecule has 0 radical (unpaired) electrons. The first-order chi connectivity index (χ1) is 9.65. The molecule has 0 bridgehead atoms. The Kier molecular flexibility index (Phi) is 5.23. The average molecular weight is 297 g/mol. The summed E-state index contributed by atoms with van der Waals surface area (Å²) < 4.78 is 0. The maximum Gasteiger partial charge on any atom is 0.251 e. The van der Waals surface area contributed by atoms with Crippen LogP contribution in [-0.2, 0) is 4.79 Å². The van der Waals surface area contributed by atoms with E-state index in [1.54, 1.807) is 0 Å². The molecule has 20 heavy (non-hydrogen) atoms. The van der Waals surface area contributed by atoms with Gasteiger partial charge in [0.1, 0.15) is 0 Å². The zero-order valence-corrected chi connectivity index (χ0v) is 12.4. The van der Waals surface area contributed by atoms with E-state index in [0.717, 1.165) is 43.3 Å². The van der Waals surface area contributed by atoms with Gasteiger partial charge in [-0.05, 0) is 24.6 Å². The Hall–Kier alpha value is -1.30. The summed E-state index contributed by atoms with van der Waals surface area (Å²) in [5.41, 5.74) is 3.38. The molecule has 1 heterocycles. The maximum absolute atomic E-state index is 11.7. The number of benzene rings is 1. The van der Waals surface area contributed by atoms with Crippen LogP contribution >= 0.6 is 11.6 Å². The number of hydrogen-bond acceptors (Lipinski definition) is 4. The van der Waals surface area contributed by atoms with Crippen molar-refractivity contribution in [2.45, 2.75) is 19.4 Å². The number of amides is 1. The Labute approximate surface area is 124 Å². The molecule has 1 aliphatic rings. The number of nitrogens with two attached hydrogens (primary N) is 1. The van der Waals surface area contributed by atoms with Gasteiger partial charge < -0.3 is 4.90 Å². The Balaban J connectivity index is 1.96. The molecule has 0 aliphatic carbocycles. The van der Waals surface area contributed by atoms with Gasteiger partial charge in [0.2, 0.25) is 0 Å². The lowest BCUT2D eigenvalue weighted by Crippen LogP contribution is -2.55. The quantitative estimate of drug-likeness (QED) is 0.498. The highest BCUT2D eigenvalue weighted by molar-refractivity contribution is 6.30. The molecule has 1 atom stereocenters. The molecule has 1 aromatic rings. The molecular weight excluding hydrogens is 276 g/mol. The summed E-state index contributed by atoms with van der Waals surface area (Å²) in [7, 11) is 0. The van der Waals surface area contributed by atoms with Crippen molar-refractivity contribution in [2.24, 2.45) is 5.84 Å². The molecule has 1 unspecified atom stereocenters. The van der Waals surface area contributed by atoms with Gasteiger partial charge in [0.05, 0.1) is 6.04 Å². The molecule has 3 N–H and O–H groups in total. The van der Waals surface area contributed by atoms with E-state index in [9.17, 15) is 4.79 Å². The molecule has 0 aromatic heterocycles. The number of anilines is 1. The Morgan fingerprint density at radius 1 is 1.40 bits per heavy atom. The van der Waals surface area contributed by atoms with Gasteiger partial charge in [0, 0.05) is 36.9 Å². The molecular formula is C14H21ClN4O. The molecule has 6 heteroatoms. The fraction of sp³-hybridized carbons (Fsp3) is 0.500. The summed E-state index contributed by atoms with van der Waals surface area (Å²) >= 11 is 6.02. The van der Waals surface area contributed by atoms with E-state index in [1.807, 2.05) is 25.1 Å². The third kappa shape index (κ3) is 3.42. The summed E-state index contributed by atoms with van der Waals surface area (Å²) in [6.45, 7) is 5.46. The third-order valence-corrected chi connectivity index (χ3v) is 4.00. The molecule has 1 aliphatic heterocycles. The van der Waals surface area contributed by atoms with Gasteiger partial charge >= 0.3 is 0 Å². The standard InChI is InChI=1S/C14H21ClN4O/c1-2-13(14(20)17-16)19-8-6-18(7-9-19)12-5-3-4-11(15)10-12/h3-5,10,13H,2,6-9,16H2,1H3,(H,17,20). The molecule has 0 spiro atoms. The lowest BCUT2D eigenvalue weighted by molar-refractivity contribution is -0.126. The first kappa shape index (κ1) is 15.1. The van der Waals surface area contributed by atoms with E-state index in [4.69, 9.17) is 17.4 Å². The Bertz CT molecular complexity index is 460. The number of nitrogens with one attached hydrogen (secondary N) is 1. The van der Waals surface area contributed by atoms with Crippen LogP contribution in [0.15, 0.2) is 24.3 Å². The number of carbonyl (C=O) groups excluding carboxylic acids is 1. The van der Waals surface area contributed by atoms with Crippen LogP contribution in [0.5, 0.6) is 0 Å². The van der Waals surface area contributed by atoms with Gasteiger partial charge in [0.15, 0.2) is 0 Å². The third-order valence-electron chi connectivity index (χ3n) is 3.76. The fourth-order valence-electron chi connectivity index (χ4n) is 2.67. The van der Waals surface area contributed by atoms with Crippen molar-refractivity contribution in [2.75, 3.05) is 31.1 Å². The maximum atomic E-state index is 11.7. The molecule has 0 saturated carbocycles. The van der Waals surface area contributed by atoms with Crippen LogP contribution in [0.1, 0.15) is 13.3 Å². The normalized spacial score (nSPS) is 17.9. The van der Waals surface area contributed by atoms with Crippen molar-refractivity contribution in [3.05, 3.63) is 29.3 Å². The average Bonchev–Trinajstić information content (AvgIpc) is 2.48. The van der Waals surface area contributed by atoms with Crippen LogP contribution in [-0.4, -0.2) is 43.0 Å². The van der Waals surface area contributed by atoms with E-state index in [-0.39, 0.29) is 11.9 Å².